The van der Waals surface area contributed by atoms with E-state index in [-0.39, 0.29) is 35.3 Å². The summed E-state index contributed by atoms with van der Waals surface area (Å²) < 4.78 is 36.2. The molecule has 2 atom stereocenters. The Balaban J connectivity index is 0.00000156. The molecule has 4 aromatic rings. The van der Waals surface area contributed by atoms with Gasteiger partial charge in [-0.3, -0.25) is 18.8 Å². The van der Waals surface area contributed by atoms with Crippen LogP contribution in [-0.4, -0.2) is 105 Å². The summed E-state index contributed by atoms with van der Waals surface area (Å²) in [7, 11) is 0. The smallest absolute Gasteiger partial charge is 0.290 e. The van der Waals surface area contributed by atoms with Gasteiger partial charge in [0.1, 0.15) is 6.07 Å². The molecule has 2 fully saturated rings. The van der Waals surface area contributed by atoms with E-state index in [2.05, 4.69) is 20.6 Å². The summed E-state index contributed by atoms with van der Waals surface area (Å²) in [5.74, 6) is -2.89. The third-order valence-electron chi connectivity index (χ3n) is 8.67. The Kier molecular flexibility index (Phi) is 11.5. The summed E-state index contributed by atoms with van der Waals surface area (Å²) in [5, 5.41) is 32.2. The third-order valence-corrected chi connectivity index (χ3v) is 8.67. The molecule has 2 aliphatic heterocycles. The fourth-order valence-electron chi connectivity index (χ4n) is 6.13. The Labute approximate surface area is 285 Å². The number of aliphatic hydroxyl groups excluding tert-OH is 1. The number of aromatic nitrogens is 3. The number of aryl methyl sites for hydroxylation is 1. The highest BCUT2D eigenvalue weighted by Crippen LogP contribution is 2.32. The number of rotatable bonds is 8. The number of piperidine rings is 1. The van der Waals surface area contributed by atoms with Crippen molar-refractivity contribution in [1.82, 2.24) is 29.5 Å². The molecule has 0 radical (unpaired) electrons. The van der Waals surface area contributed by atoms with Crippen LogP contribution in [0.4, 0.5) is 20.3 Å². The quantitative estimate of drug-likeness (QED) is 0.199. The van der Waals surface area contributed by atoms with Crippen LogP contribution in [0, 0.1) is 28.9 Å². The van der Waals surface area contributed by atoms with Gasteiger partial charge < -0.3 is 35.4 Å². The van der Waals surface area contributed by atoms with Crippen LogP contribution in [0.25, 0.3) is 16.9 Å². The number of carbonyl (C=O) groups is 3. The molecule has 0 saturated carbocycles. The second-order valence-corrected chi connectivity index (χ2v) is 11.5. The number of imidazole rings is 1. The molecule has 4 N–H and O–H groups in total. The Morgan fingerprint density at radius 3 is 2.58 bits per heavy atom. The fraction of sp³-hybridized carbons (Fsp3) is 0.353. The van der Waals surface area contributed by atoms with Crippen molar-refractivity contribution in [3.63, 3.8) is 0 Å². The first kappa shape index (κ1) is 35.6. The summed E-state index contributed by atoms with van der Waals surface area (Å²) in [4.78, 5) is 47.2. The maximum atomic E-state index is 15.0. The van der Waals surface area contributed by atoms with Crippen LogP contribution in [0.15, 0.2) is 48.9 Å². The number of anilines is 2. The molecule has 262 valence electrons. The number of ether oxygens (including phenoxy) is 1. The summed E-state index contributed by atoms with van der Waals surface area (Å²) >= 11 is 0. The molecule has 0 aliphatic carbocycles. The molecule has 2 aliphatic rings. The minimum absolute atomic E-state index is 0.0401. The maximum absolute atomic E-state index is 15.0. The van der Waals surface area contributed by atoms with Crippen LogP contribution in [0.5, 0.6) is 5.75 Å². The van der Waals surface area contributed by atoms with Crippen LogP contribution in [0.1, 0.15) is 29.3 Å². The van der Waals surface area contributed by atoms with Gasteiger partial charge in [-0.15, -0.1) is 0 Å². The van der Waals surface area contributed by atoms with Crippen LogP contribution in [0.2, 0.25) is 0 Å². The molecular weight excluding hydrogens is 654 g/mol. The highest BCUT2D eigenvalue weighted by atomic mass is 19.2. The molecule has 6 rings (SSSR count). The minimum Gasteiger partial charge on any atom is -0.483 e. The number of nitriles is 1. The van der Waals surface area contributed by atoms with E-state index in [1.807, 2.05) is 13.0 Å². The number of nitrogens with one attached hydrogen (secondary N) is 2. The number of halogens is 2. The van der Waals surface area contributed by atoms with Crippen molar-refractivity contribution in [3.05, 3.63) is 71.7 Å². The number of β-amino-alcohol motifs (C(OH)–C–C–N with tert-alkyl or cyclic N) is 1. The van der Waals surface area contributed by atoms with Gasteiger partial charge in [0.15, 0.2) is 29.6 Å². The minimum atomic E-state index is -1.20. The topological polar surface area (TPSA) is 185 Å². The van der Waals surface area contributed by atoms with Crippen LogP contribution in [0.3, 0.4) is 0 Å². The predicted molar refractivity (Wildman–Crippen MR) is 177 cm³/mol. The normalized spacial score (nSPS) is 17.3. The first-order valence-electron chi connectivity index (χ1n) is 16.0. The molecule has 50 heavy (non-hydrogen) atoms. The van der Waals surface area contributed by atoms with E-state index in [0.717, 1.165) is 5.56 Å². The van der Waals surface area contributed by atoms with Gasteiger partial charge in [0.2, 0.25) is 11.7 Å². The van der Waals surface area contributed by atoms with Gasteiger partial charge in [0.25, 0.3) is 12.4 Å². The first-order valence-corrected chi connectivity index (χ1v) is 16.0. The van der Waals surface area contributed by atoms with Gasteiger partial charge in [-0.2, -0.15) is 9.65 Å². The lowest BCUT2D eigenvalue weighted by atomic mass is 9.93. The van der Waals surface area contributed by atoms with E-state index in [1.165, 1.54) is 24.5 Å². The third kappa shape index (κ3) is 7.48. The molecular formula is C34H36F2N8O6. The molecule has 4 heterocycles. The Hall–Kier alpha value is -5.66. The second kappa shape index (κ2) is 16.2. The van der Waals surface area contributed by atoms with E-state index >= 15 is 4.39 Å². The predicted octanol–water partition coefficient (Wildman–Crippen LogP) is 2.84. The highest BCUT2D eigenvalue weighted by Gasteiger charge is 2.34. The zero-order chi connectivity index (χ0) is 35.8. The highest BCUT2D eigenvalue weighted by molar-refractivity contribution is 5.96. The molecule has 2 aromatic heterocycles. The number of carbonyl (C=O) groups excluding carboxylic acids is 2. The standard InChI is InChI=1S/C33H34F2N8O4.CH2O2/c1-2-20-17-21(3-4-22(20)32(45)41-12-14-42(15-13-41)33(46)24-7-9-37-19-26(24)44)40-30-31-39-18-25(43(31)11-10-38-30)23-5-6-27(47-16-8-36)29(35)28(23)34;2-1-3/h3-6,10-11,17-18,24,26,37,44H,2,7,9,12-16,19H2,1H3,(H,38,40);1H,(H,2,3)/t24-,26+;/m0./s1. The molecule has 14 nitrogen and oxygen atoms in total. The number of amides is 2. The van der Waals surface area contributed by atoms with Crippen LogP contribution < -0.4 is 15.4 Å². The van der Waals surface area contributed by atoms with Gasteiger partial charge in [0, 0.05) is 61.9 Å². The van der Waals surface area contributed by atoms with Gasteiger partial charge in [0.05, 0.1) is 23.9 Å². The van der Waals surface area contributed by atoms with Gasteiger partial charge in [-0.25, -0.2) is 14.4 Å². The van der Waals surface area contributed by atoms with E-state index in [1.54, 1.807) is 38.6 Å². The summed E-state index contributed by atoms with van der Waals surface area (Å²) in [6, 6.07) is 9.76. The van der Waals surface area contributed by atoms with Crippen molar-refractivity contribution >= 4 is 35.4 Å². The average Bonchev–Trinajstić information content (AvgIpc) is 3.57. The monoisotopic (exact) mass is 690 g/mol. The number of hydrogen-bond acceptors (Lipinski definition) is 10. The van der Waals surface area contributed by atoms with Crippen molar-refractivity contribution in [3.8, 4) is 23.1 Å². The number of piperazine rings is 1. The first-order chi connectivity index (χ1) is 24.2. The molecule has 0 unspecified atom stereocenters. The van der Waals surface area contributed by atoms with E-state index in [0.29, 0.717) is 74.8 Å². The Bertz CT molecular complexity index is 1910. The van der Waals surface area contributed by atoms with Gasteiger partial charge >= 0.3 is 0 Å². The van der Waals surface area contributed by atoms with Crippen molar-refractivity contribution in [2.45, 2.75) is 25.9 Å². The summed E-state index contributed by atoms with van der Waals surface area (Å²) in [5.41, 5.74) is 2.67. The summed E-state index contributed by atoms with van der Waals surface area (Å²) in [6.07, 6.45) is 4.99. The number of hydrogen-bond donors (Lipinski definition) is 4. The second-order valence-electron chi connectivity index (χ2n) is 11.5. The number of nitrogens with zero attached hydrogens (tertiary/aromatic N) is 6. The molecule has 16 heteroatoms. The Morgan fingerprint density at radius 2 is 1.88 bits per heavy atom. The zero-order valence-corrected chi connectivity index (χ0v) is 27.2. The van der Waals surface area contributed by atoms with Crippen LogP contribution >= 0.6 is 0 Å². The fourth-order valence-corrected chi connectivity index (χ4v) is 6.13. The number of aliphatic hydroxyl groups is 1. The summed E-state index contributed by atoms with van der Waals surface area (Å²) in [6.45, 7) is 4.05. The zero-order valence-electron chi connectivity index (χ0n) is 27.2. The van der Waals surface area contributed by atoms with E-state index < -0.39 is 30.3 Å². The maximum Gasteiger partial charge on any atom is 0.290 e. The number of fused-ring (bicyclic) bond motifs is 1. The van der Waals surface area contributed by atoms with Gasteiger partial charge in [-0.1, -0.05) is 6.92 Å². The van der Waals surface area contributed by atoms with Crippen molar-refractivity contribution in [1.29, 1.82) is 5.26 Å². The molecule has 2 aromatic carbocycles. The number of carboxylic acid groups (broad SMARTS) is 1. The van der Waals surface area contributed by atoms with Crippen LogP contribution in [-0.2, 0) is 16.0 Å². The Morgan fingerprint density at radius 1 is 1.14 bits per heavy atom. The molecule has 2 amide bonds. The van der Waals surface area contributed by atoms with E-state index in [9.17, 15) is 19.1 Å². The lowest BCUT2D eigenvalue weighted by molar-refractivity contribution is -0.142. The number of benzene rings is 2. The lowest BCUT2D eigenvalue weighted by Crippen LogP contribution is -2.55. The molecule has 0 bridgehead atoms. The SMILES string of the molecule is CCc1cc(Nc2nccn3c(-c4ccc(OCC#N)c(F)c4F)cnc23)ccc1C(=O)N1CCN(C(=O)[C@H]2CCNC[C@H]2O)CC1.O=CO. The van der Waals surface area contributed by atoms with Crippen molar-refractivity contribution < 1.29 is 38.1 Å². The molecule has 0 spiro atoms. The van der Waals surface area contributed by atoms with E-state index in [4.69, 9.17) is 19.9 Å². The molecule has 2 saturated heterocycles. The van der Waals surface area contributed by atoms with Gasteiger partial charge in [-0.05, 0) is 55.3 Å². The lowest BCUT2D eigenvalue weighted by Gasteiger charge is -2.38. The van der Waals surface area contributed by atoms with Crippen molar-refractivity contribution in [2.24, 2.45) is 5.92 Å². The largest absolute Gasteiger partial charge is 0.483 e. The van der Waals surface area contributed by atoms with Crippen molar-refractivity contribution in [2.75, 3.05) is 51.2 Å². The average molecular weight is 691 g/mol.